The van der Waals surface area contributed by atoms with Crippen LogP contribution in [-0.2, 0) is 9.53 Å². The van der Waals surface area contributed by atoms with Gasteiger partial charge in [0.1, 0.15) is 6.04 Å². The van der Waals surface area contributed by atoms with Crippen molar-refractivity contribution in [3.05, 3.63) is 0 Å². The minimum absolute atomic E-state index is 0.263. The van der Waals surface area contributed by atoms with E-state index in [2.05, 4.69) is 0 Å². The van der Waals surface area contributed by atoms with Gasteiger partial charge in [0.05, 0.1) is 6.61 Å². The number of carbonyl (C=O) groups excluding carboxylic acids is 1. The molecule has 1 atom stereocenters. The molecular weight excluding hydrogens is 210 g/mol. The zero-order valence-electron chi connectivity index (χ0n) is 9.81. The fourth-order valence-corrected chi connectivity index (χ4v) is 1.82. The molecule has 1 unspecified atom stereocenters. The quantitative estimate of drug-likeness (QED) is 0.779. The van der Waals surface area contributed by atoms with Crippen LogP contribution < -0.4 is 0 Å². The summed E-state index contributed by atoms with van der Waals surface area (Å²) in [4.78, 5) is 23.7. The number of carboxylic acids is 1. The molecule has 0 aromatic carbocycles. The molecule has 1 fully saturated rings. The molecule has 0 heterocycles. The number of rotatable bonds is 5. The van der Waals surface area contributed by atoms with E-state index in [9.17, 15) is 9.59 Å². The first-order chi connectivity index (χ1) is 7.56. The van der Waals surface area contributed by atoms with Gasteiger partial charge in [0.2, 0.25) is 0 Å². The van der Waals surface area contributed by atoms with Crippen molar-refractivity contribution in [1.29, 1.82) is 0 Å². The number of carbonyl (C=O) groups is 2. The van der Waals surface area contributed by atoms with Gasteiger partial charge in [0, 0.05) is 7.05 Å². The minimum Gasteiger partial charge on any atom is -0.480 e. The van der Waals surface area contributed by atoms with Crippen molar-refractivity contribution in [3.8, 4) is 0 Å². The van der Waals surface area contributed by atoms with Gasteiger partial charge in [-0.25, -0.2) is 9.59 Å². The molecule has 1 rings (SSSR count). The van der Waals surface area contributed by atoms with E-state index in [1.54, 1.807) is 6.92 Å². The lowest BCUT2D eigenvalue weighted by molar-refractivity contribution is -0.143. The van der Waals surface area contributed by atoms with Crippen molar-refractivity contribution < 1.29 is 19.4 Å². The molecule has 5 nitrogen and oxygen atoms in total. The first-order valence-corrected chi connectivity index (χ1v) is 5.68. The lowest BCUT2D eigenvalue weighted by atomic mass is 9.80. The monoisotopic (exact) mass is 229 g/mol. The average molecular weight is 229 g/mol. The van der Waals surface area contributed by atoms with Gasteiger partial charge in [-0.1, -0.05) is 19.3 Å². The van der Waals surface area contributed by atoms with Gasteiger partial charge >= 0.3 is 12.1 Å². The maximum absolute atomic E-state index is 11.4. The lowest BCUT2D eigenvalue weighted by Crippen LogP contribution is -2.44. The zero-order chi connectivity index (χ0) is 12.1. The van der Waals surface area contributed by atoms with Crippen molar-refractivity contribution in [2.24, 2.45) is 5.92 Å². The summed E-state index contributed by atoms with van der Waals surface area (Å²) in [6.07, 6.45) is 3.28. The largest absolute Gasteiger partial charge is 0.480 e. The summed E-state index contributed by atoms with van der Waals surface area (Å²) in [6, 6.07) is -0.760. The molecule has 0 saturated heterocycles. The Morgan fingerprint density at radius 1 is 1.50 bits per heavy atom. The van der Waals surface area contributed by atoms with Crippen LogP contribution in [0.2, 0.25) is 0 Å². The highest BCUT2D eigenvalue weighted by Gasteiger charge is 2.32. The summed E-state index contributed by atoms with van der Waals surface area (Å²) in [5, 5.41) is 9.08. The van der Waals surface area contributed by atoms with E-state index in [0.717, 1.165) is 12.8 Å². The number of nitrogens with zero attached hydrogens (tertiary/aromatic N) is 1. The normalized spacial score (nSPS) is 17.4. The first kappa shape index (κ1) is 12.8. The van der Waals surface area contributed by atoms with Crippen molar-refractivity contribution in [1.82, 2.24) is 4.90 Å². The SMILES string of the molecule is CCOC(=O)N(C)C(CC1CCC1)C(=O)O. The number of carboxylic acid groups (broad SMARTS) is 1. The molecule has 5 heteroatoms. The fraction of sp³-hybridized carbons (Fsp3) is 0.818. The number of ether oxygens (including phenoxy) is 1. The topological polar surface area (TPSA) is 66.8 Å². The first-order valence-electron chi connectivity index (χ1n) is 5.68. The van der Waals surface area contributed by atoms with Crippen LogP contribution in [0, 0.1) is 5.92 Å². The summed E-state index contributed by atoms with van der Waals surface area (Å²) >= 11 is 0. The standard InChI is InChI=1S/C11H19NO4/c1-3-16-11(15)12(2)9(10(13)14)7-8-5-4-6-8/h8-9H,3-7H2,1-2H3,(H,13,14). The molecule has 92 valence electrons. The Bertz CT molecular complexity index is 263. The van der Waals surface area contributed by atoms with Gasteiger partial charge in [-0.15, -0.1) is 0 Å². The molecule has 0 aliphatic heterocycles. The maximum Gasteiger partial charge on any atom is 0.410 e. The van der Waals surface area contributed by atoms with E-state index in [1.807, 2.05) is 0 Å². The van der Waals surface area contributed by atoms with Crippen molar-refractivity contribution in [2.75, 3.05) is 13.7 Å². The highest BCUT2D eigenvalue weighted by atomic mass is 16.6. The molecule has 1 aliphatic carbocycles. The smallest absolute Gasteiger partial charge is 0.410 e. The van der Waals surface area contributed by atoms with Crippen molar-refractivity contribution in [3.63, 3.8) is 0 Å². The molecule has 1 amide bonds. The molecule has 0 radical (unpaired) electrons. The molecule has 0 spiro atoms. The van der Waals surface area contributed by atoms with E-state index in [0.29, 0.717) is 12.3 Å². The highest BCUT2D eigenvalue weighted by molar-refractivity contribution is 5.79. The molecule has 1 saturated carbocycles. The van der Waals surface area contributed by atoms with Gasteiger partial charge in [-0.05, 0) is 19.3 Å². The van der Waals surface area contributed by atoms with Gasteiger partial charge in [-0.3, -0.25) is 4.90 Å². The number of hydrogen-bond donors (Lipinski definition) is 1. The average Bonchev–Trinajstić information content (AvgIpc) is 2.15. The van der Waals surface area contributed by atoms with Crippen LogP contribution in [0.25, 0.3) is 0 Å². The summed E-state index contributed by atoms with van der Waals surface area (Å²) < 4.78 is 4.79. The number of hydrogen-bond acceptors (Lipinski definition) is 3. The summed E-state index contributed by atoms with van der Waals surface area (Å²) in [7, 11) is 1.48. The lowest BCUT2D eigenvalue weighted by Gasteiger charge is -2.31. The van der Waals surface area contributed by atoms with Gasteiger partial charge in [-0.2, -0.15) is 0 Å². The molecular formula is C11H19NO4. The Morgan fingerprint density at radius 2 is 2.12 bits per heavy atom. The molecule has 0 bridgehead atoms. The molecule has 1 N–H and O–H groups in total. The van der Waals surface area contributed by atoms with E-state index in [-0.39, 0.29) is 6.61 Å². The van der Waals surface area contributed by atoms with Gasteiger partial charge < -0.3 is 9.84 Å². The maximum atomic E-state index is 11.4. The van der Waals surface area contributed by atoms with Crippen molar-refractivity contribution in [2.45, 2.75) is 38.6 Å². The second-order valence-electron chi connectivity index (χ2n) is 4.20. The Balaban J connectivity index is 2.53. The van der Waals surface area contributed by atoms with Gasteiger partial charge in [0.15, 0.2) is 0 Å². The molecule has 0 aromatic heterocycles. The second kappa shape index (κ2) is 5.72. The summed E-state index contributed by atoms with van der Waals surface area (Å²) in [5.74, 6) is -0.513. The van der Waals surface area contributed by atoms with Crippen LogP contribution in [0.1, 0.15) is 32.6 Å². The number of amides is 1. The Labute approximate surface area is 95.4 Å². The highest BCUT2D eigenvalue weighted by Crippen LogP contribution is 2.31. The number of aliphatic carboxylic acids is 1. The Morgan fingerprint density at radius 3 is 2.50 bits per heavy atom. The van der Waals surface area contributed by atoms with Crippen LogP contribution in [0.3, 0.4) is 0 Å². The van der Waals surface area contributed by atoms with Gasteiger partial charge in [0.25, 0.3) is 0 Å². The summed E-state index contributed by atoms with van der Waals surface area (Å²) in [5.41, 5.74) is 0. The van der Waals surface area contributed by atoms with Crippen molar-refractivity contribution >= 4 is 12.1 Å². The van der Waals surface area contributed by atoms with E-state index in [1.165, 1.54) is 18.4 Å². The third-order valence-corrected chi connectivity index (χ3v) is 3.09. The third kappa shape index (κ3) is 3.12. The van der Waals surface area contributed by atoms with Crippen LogP contribution in [0.4, 0.5) is 4.79 Å². The minimum atomic E-state index is -0.956. The fourth-order valence-electron chi connectivity index (χ4n) is 1.82. The number of likely N-dealkylation sites (N-methyl/N-ethyl adjacent to an activating group) is 1. The molecule has 16 heavy (non-hydrogen) atoms. The van der Waals surface area contributed by atoms with E-state index < -0.39 is 18.1 Å². The van der Waals surface area contributed by atoms with Crippen LogP contribution in [0.5, 0.6) is 0 Å². The molecule has 0 aromatic rings. The zero-order valence-corrected chi connectivity index (χ0v) is 9.81. The third-order valence-electron chi connectivity index (χ3n) is 3.09. The second-order valence-corrected chi connectivity index (χ2v) is 4.20. The van der Waals surface area contributed by atoms with E-state index in [4.69, 9.17) is 9.84 Å². The Kier molecular flexibility index (Phi) is 4.58. The van der Waals surface area contributed by atoms with Crippen LogP contribution in [-0.4, -0.2) is 41.8 Å². The Hall–Kier alpha value is -1.26. The van der Waals surface area contributed by atoms with Crippen LogP contribution in [0.15, 0.2) is 0 Å². The summed E-state index contributed by atoms with van der Waals surface area (Å²) in [6.45, 7) is 1.96. The predicted octanol–water partition coefficient (Wildman–Crippen LogP) is 1.72. The molecule has 1 aliphatic rings. The van der Waals surface area contributed by atoms with Crippen LogP contribution >= 0.6 is 0 Å². The predicted molar refractivity (Wildman–Crippen MR) is 58.2 cm³/mol. The van der Waals surface area contributed by atoms with E-state index >= 15 is 0 Å².